The first-order valence-electron chi connectivity index (χ1n) is 9.55. The van der Waals surface area contributed by atoms with Crippen molar-refractivity contribution in [3.05, 3.63) is 65.7 Å². The number of amides is 2. The third kappa shape index (κ3) is 5.62. The molecule has 1 aromatic heterocycles. The molecule has 9 nitrogen and oxygen atoms in total. The molecule has 0 aliphatic rings. The molecule has 0 aliphatic heterocycles. The Morgan fingerprint density at radius 2 is 1.91 bits per heavy atom. The number of carbonyl (C=O) groups excluding carboxylic acids is 2. The maximum atomic E-state index is 13.7. The Morgan fingerprint density at radius 1 is 1.19 bits per heavy atom. The van der Waals surface area contributed by atoms with Crippen LogP contribution in [0.15, 0.2) is 53.7 Å². The minimum absolute atomic E-state index is 0.0255. The standard InChI is InChI=1S/C21H22FN5O4S/c1-27-19(17(11-28)24-20(30)13-7-9-14(31-2)10-8-13)25-26-21(27)32-12-18(29)23-16-6-4-3-5-15(16)22/h3-10,17,28H,11-12H2,1-2H3,(H,23,29)(H,24,30)/t17-/m0/s1. The normalized spacial score (nSPS) is 11.6. The predicted molar refractivity (Wildman–Crippen MR) is 117 cm³/mol. The highest BCUT2D eigenvalue weighted by Crippen LogP contribution is 2.21. The molecule has 0 unspecified atom stereocenters. The molecule has 2 amide bonds. The van der Waals surface area contributed by atoms with Gasteiger partial charge in [0.2, 0.25) is 5.91 Å². The van der Waals surface area contributed by atoms with Gasteiger partial charge in [0, 0.05) is 12.6 Å². The van der Waals surface area contributed by atoms with Crippen molar-refractivity contribution in [3.63, 3.8) is 0 Å². The number of ether oxygens (including phenoxy) is 1. The van der Waals surface area contributed by atoms with E-state index in [0.29, 0.717) is 22.3 Å². The van der Waals surface area contributed by atoms with Crippen LogP contribution in [0.1, 0.15) is 22.2 Å². The molecule has 0 radical (unpaired) electrons. The number of hydrogen-bond acceptors (Lipinski definition) is 7. The van der Waals surface area contributed by atoms with E-state index in [4.69, 9.17) is 4.74 Å². The second kappa shape index (κ2) is 10.7. The molecule has 3 N–H and O–H groups in total. The largest absolute Gasteiger partial charge is 0.497 e. The van der Waals surface area contributed by atoms with Gasteiger partial charge in [-0.1, -0.05) is 23.9 Å². The number of anilines is 1. The van der Waals surface area contributed by atoms with Crippen LogP contribution >= 0.6 is 11.8 Å². The van der Waals surface area contributed by atoms with Crippen LogP contribution in [0.3, 0.4) is 0 Å². The molecule has 0 saturated carbocycles. The smallest absolute Gasteiger partial charge is 0.251 e. The van der Waals surface area contributed by atoms with Gasteiger partial charge < -0.3 is 25.0 Å². The van der Waals surface area contributed by atoms with Crippen molar-refractivity contribution < 1.29 is 23.8 Å². The number of thioether (sulfide) groups is 1. The van der Waals surface area contributed by atoms with Crippen molar-refractivity contribution in [3.8, 4) is 5.75 Å². The number of halogens is 1. The van der Waals surface area contributed by atoms with Crippen molar-refractivity contribution in [2.24, 2.45) is 7.05 Å². The molecule has 0 aliphatic carbocycles. The van der Waals surface area contributed by atoms with E-state index in [-0.39, 0.29) is 11.4 Å². The minimum Gasteiger partial charge on any atom is -0.497 e. The van der Waals surface area contributed by atoms with Crippen LogP contribution < -0.4 is 15.4 Å². The maximum absolute atomic E-state index is 13.7. The van der Waals surface area contributed by atoms with E-state index >= 15 is 0 Å². The molecule has 0 bridgehead atoms. The molecular formula is C21H22FN5O4S. The summed E-state index contributed by atoms with van der Waals surface area (Å²) in [5, 5.41) is 23.5. The Hall–Kier alpha value is -3.44. The number of aromatic nitrogens is 3. The van der Waals surface area contributed by atoms with Crippen LogP contribution in [-0.4, -0.2) is 51.2 Å². The van der Waals surface area contributed by atoms with Gasteiger partial charge in [0.1, 0.15) is 17.6 Å². The molecule has 2 aromatic carbocycles. The van der Waals surface area contributed by atoms with E-state index < -0.39 is 30.3 Å². The third-order valence-electron chi connectivity index (χ3n) is 4.50. The quantitative estimate of drug-likeness (QED) is 0.420. The fraction of sp³-hybridized carbons (Fsp3) is 0.238. The fourth-order valence-corrected chi connectivity index (χ4v) is 3.53. The summed E-state index contributed by atoms with van der Waals surface area (Å²) in [5.41, 5.74) is 0.490. The monoisotopic (exact) mass is 459 g/mol. The lowest BCUT2D eigenvalue weighted by atomic mass is 10.2. The molecule has 32 heavy (non-hydrogen) atoms. The lowest BCUT2D eigenvalue weighted by Gasteiger charge is -2.16. The number of para-hydroxylation sites is 1. The van der Waals surface area contributed by atoms with E-state index in [0.717, 1.165) is 11.8 Å². The fourth-order valence-electron chi connectivity index (χ4n) is 2.81. The second-order valence-corrected chi connectivity index (χ2v) is 7.60. The van der Waals surface area contributed by atoms with Crippen molar-refractivity contribution in [1.82, 2.24) is 20.1 Å². The molecule has 0 fully saturated rings. The Kier molecular flexibility index (Phi) is 7.79. The van der Waals surface area contributed by atoms with Gasteiger partial charge in [-0.25, -0.2) is 4.39 Å². The molecular weight excluding hydrogens is 437 g/mol. The number of aliphatic hydroxyl groups is 1. The van der Waals surface area contributed by atoms with Crippen LogP contribution in [0.4, 0.5) is 10.1 Å². The molecule has 168 valence electrons. The van der Waals surface area contributed by atoms with Crippen LogP contribution in [0.25, 0.3) is 0 Å². The van der Waals surface area contributed by atoms with E-state index in [9.17, 15) is 19.1 Å². The van der Waals surface area contributed by atoms with Gasteiger partial charge in [-0.2, -0.15) is 0 Å². The Morgan fingerprint density at radius 3 is 2.56 bits per heavy atom. The maximum Gasteiger partial charge on any atom is 0.251 e. The van der Waals surface area contributed by atoms with Crippen LogP contribution in [0, 0.1) is 5.82 Å². The molecule has 3 aromatic rings. The summed E-state index contributed by atoms with van der Waals surface area (Å²) >= 11 is 1.09. The van der Waals surface area contributed by atoms with Gasteiger partial charge in [-0.15, -0.1) is 10.2 Å². The predicted octanol–water partition coefficient (Wildman–Crippen LogP) is 2.16. The molecule has 0 saturated heterocycles. The summed E-state index contributed by atoms with van der Waals surface area (Å²) in [4.78, 5) is 24.6. The number of aliphatic hydroxyl groups excluding tert-OH is 1. The zero-order valence-corrected chi connectivity index (χ0v) is 18.2. The number of hydrogen-bond donors (Lipinski definition) is 3. The Bertz CT molecular complexity index is 1090. The van der Waals surface area contributed by atoms with E-state index in [1.807, 2.05) is 0 Å². The zero-order valence-electron chi connectivity index (χ0n) is 17.4. The Balaban J connectivity index is 1.62. The van der Waals surface area contributed by atoms with Gasteiger partial charge in [0.05, 0.1) is 25.2 Å². The molecule has 3 rings (SSSR count). The topological polar surface area (TPSA) is 118 Å². The number of nitrogens with one attached hydrogen (secondary N) is 2. The average molecular weight is 460 g/mol. The first-order chi connectivity index (χ1) is 15.4. The van der Waals surface area contributed by atoms with Crippen molar-refractivity contribution >= 4 is 29.3 Å². The summed E-state index contributed by atoms with van der Waals surface area (Å²) in [7, 11) is 3.19. The summed E-state index contributed by atoms with van der Waals surface area (Å²) in [5.74, 6) is -0.405. The van der Waals surface area contributed by atoms with E-state index in [1.165, 1.54) is 25.3 Å². The minimum atomic E-state index is -0.802. The number of carbonyl (C=O) groups is 2. The lowest BCUT2D eigenvalue weighted by molar-refractivity contribution is -0.113. The van der Waals surface area contributed by atoms with Crippen molar-refractivity contribution in [2.75, 3.05) is 24.8 Å². The zero-order chi connectivity index (χ0) is 23.1. The summed E-state index contributed by atoms with van der Waals surface area (Å²) in [6.45, 7) is -0.397. The lowest BCUT2D eigenvalue weighted by Crippen LogP contribution is -2.32. The third-order valence-corrected chi connectivity index (χ3v) is 5.52. The SMILES string of the molecule is COc1ccc(C(=O)N[C@@H](CO)c2nnc(SCC(=O)Nc3ccccc3F)n2C)cc1. The summed E-state index contributed by atoms with van der Waals surface area (Å²) < 4.78 is 20.3. The van der Waals surface area contributed by atoms with Gasteiger partial charge in [0.15, 0.2) is 11.0 Å². The van der Waals surface area contributed by atoms with Crippen molar-refractivity contribution in [2.45, 2.75) is 11.2 Å². The van der Waals surface area contributed by atoms with E-state index in [2.05, 4.69) is 20.8 Å². The highest BCUT2D eigenvalue weighted by atomic mass is 32.2. The average Bonchev–Trinajstić information content (AvgIpc) is 3.17. The molecule has 1 atom stereocenters. The number of benzene rings is 2. The van der Waals surface area contributed by atoms with Crippen LogP contribution in [0.5, 0.6) is 5.75 Å². The summed E-state index contributed by atoms with van der Waals surface area (Å²) in [6.07, 6.45) is 0. The van der Waals surface area contributed by atoms with Gasteiger partial charge in [0.25, 0.3) is 5.91 Å². The number of rotatable bonds is 9. The molecule has 11 heteroatoms. The summed E-state index contributed by atoms with van der Waals surface area (Å²) in [6, 6.07) is 11.6. The van der Waals surface area contributed by atoms with E-state index in [1.54, 1.807) is 41.9 Å². The van der Waals surface area contributed by atoms with Crippen LogP contribution in [0.2, 0.25) is 0 Å². The number of methoxy groups -OCH3 is 1. The highest BCUT2D eigenvalue weighted by molar-refractivity contribution is 7.99. The van der Waals surface area contributed by atoms with Gasteiger partial charge >= 0.3 is 0 Å². The molecule has 0 spiro atoms. The van der Waals surface area contributed by atoms with Crippen LogP contribution in [-0.2, 0) is 11.8 Å². The Labute approximate surface area is 188 Å². The number of nitrogens with zero attached hydrogens (tertiary/aromatic N) is 3. The second-order valence-electron chi connectivity index (χ2n) is 6.65. The van der Waals surface area contributed by atoms with Gasteiger partial charge in [-0.3, -0.25) is 9.59 Å². The van der Waals surface area contributed by atoms with Gasteiger partial charge in [-0.05, 0) is 36.4 Å². The molecule has 1 heterocycles. The first-order valence-corrected chi connectivity index (χ1v) is 10.5. The highest BCUT2D eigenvalue weighted by Gasteiger charge is 2.22. The first kappa shape index (κ1) is 23.2. The van der Waals surface area contributed by atoms with Crippen molar-refractivity contribution in [1.29, 1.82) is 0 Å².